The maximum atomic E-state index is 9.38. The Balaban J connectivity index is 1.89. The fourth-order valence-corrected chi connectivity index (χ4v) is 2.67. The van der Waals surface area contributed by atoms with Crippen molar-refractivity contribution in [3.63, 3.8) is 0 Å². The topological polar surface area (TPSA) is 47.9 Å². The van der Waals surface area contributed by atoms with E-state index in [0.29, 0.717) is 18.1 Å². The average Bonchev–Trinajstić information content (AvgIpc) is 2.53. The Bertz CT molecular complexity index is 634. The number of hydrogen-bond acceptors (Lipinski definition) is 4. The van der Waals surface area contributed by atoms with Gasteiger partial charge in [-0.1, -0.05) is 12.1 Å². The van der Waals surface area contributed by atoms with Gasteiger partial charge in [0, 0.05) is 12.0 Å². The van der Waals surface area contributed by atoms with Crippen LogP contribution < -0.4 is 14.2 Å². The molecule has 0 amide bonds. The molecule has 1 heterocycles. The fraction of sp³-hybridized carbons (Fsp3) is 0.294. The first-order valence-corrected chi connectivity index (χ1v) is 6.88. The molecular formula is C17H18O4. The summed E-state index contributed by atoms with van der Waals surface area (Å²) >= 11 is 0. The maximum Gasteiger partial charge on any atom is 0.164 e. The van der Waals surface area contributed by atoms with Crippen LogP contribution in [0, 0.1) is 0 Å². The Morgan fingerprint density at radius 3 is 2.38 bits per heavy atom. The molecule has 1 atom stereocenters. The van der Waals surface area contributed by atoms with Gasteiger partial charge in [0.05, 0.1) is 20.8 Å². The van der Waals surface area contributed by atoms with Gasteiger partial charge in [-0.2, -0.15) is 0 Å². The zero-order valence-corrected chi connectivity index (χ0v) is 12.1. The molecule has 4 heteroatoms. The highest BCUT2D eigenvalue weighted by Crippen LogP contribution is 2.40. The van der Waals surface area contributed by atoms with Crippen LogP contribution in [-0.4, -0.2) is 25.9 Å². The molecule has 0 radical (unpaired) electrons. The largest absolute Gasteiger partial charge is 0.508 e. The molecule has 0 saturated carbocycles. The van der Waals surface area contributed by atoms with Gasteiger partial charge in [-0.25, -0.2) is 0 Å². The van der Waals surface area contributed by atoms with Crippen LogP contribution in [0.15, 0.2) is 36.4 Å². The van der Waals surface area contributed by atoms with Gasteiger partial charge in [0.25, 0.3) is 0 Å². The number of hydrogen-bond donors (Lipinski definition) is 1. The van der Waals surface area contributed by atoms with Gasteiger partial charge in [0.1, 0.15) is 11.5 Å². The summed E-state index contributed by atoms with van der Waals surface area (Å²) in [7, 11) is 3.25. The molecule has 0 saturated heterocycles. The molecule has 110 valence electrons. The zero-order chi connectivity index (χ0) is 14.8. The summed E-state index contributed by atoms with van der Waals surface area (Å²) in [6.45, 7) is 0.618. The van der Waals surface area contributed by atoms with Crippen LogP contribution in [0.3, 0.4) is 0 Å². The van der Waals surface area contributed by atoms with E-state index in [1.165, 1.54) is 0 Å². The molecule has 0 bridgehead atoms. The van der Waals surface area contributed by atoms with Crippen LogP contribution in [0.25, 0.3) is 0 Å². The molecular weight excluding hydrogens is 268 g/mol. The highest BCUT2D eigenvalue weighted by Gasteiger charge is 2.23. The van der Waals surface area contributed by atoms with Gasteiger partial charge in [0.15, 0.2) is 11.5 Å². The molecule has 21 heavy (non-hydrogen) atoms. The molecule has 0 spiro atoms. The molecule has 0 aromatic heterocycles. The third kappa shape index (κ3) is 2.61. The van der Waals surface area contributed by atoms with Crippen molar-refractivity contribution in [3.05, 3.63) is 47.5 Å². The van der Waals surface area contributed by atoms with Gasteiger partial charge in [-0.15, -0.1) is 0 Å². The standard InChI is InChI=1S/C17H18O4/c1-19-16-8-12-7-13(11-3-5-14(18)6-4-11)10-21-15(12)9-17(16)20-2/h3-6,8-9,13,18H,7,10H2,1-2H3. The third-order valence-electron chi connectivity index (χ3n) is 3.84. The Morgan fingerprint density at radius 2 is 1.71 bits per heavy atom. The molecule has 4 nitrogen and oxygen atoms in total. The second kappa shape index (κ2) is 5.56. The third-order valence-corrected chi connectivity index (χ3v) is 3.84. The fourth-order valence-electron chi connectivity index (χ4n) is 2.67. The van der Waals surface area contributed by atoms with Gasteiger partial charge < -0.3 is 19.3 Å². The number of phenols is 1. The molecule has 2 aromatic carbocycles. The van der Waals surface area contributed by atoms with Crippen LogP contribution in [-0.2, 0) is 6.42 Å². The minimum Gasteiger partial charge on any atom is -0.508 e. The molecule has 1 N–H and O–H groups in total. The quantitative estimate of drug-likeness (QED) is 0.941. The first kappa shape index (κ1) is 13.6. The van der Waals surface area contributed by atoms with Gasteiger partial charge in [-0.3, -0.25) is 0 Å². The van der Waals surface area contributed by atoms with Crippen molar-refractivity contribution in [2.75, 3.05) is 20.8 Å². The van der Waals surface area contributed by atoms with E-state index in [1.54, 1.807) is 26.4 Å². The summed E-state index contributed by atoms with van der Waals surface area (Å²) in [5.41, 5.74) is 2.27. The molecule has 2 aromatic rings. The number of fused-ring (bicyclic) bond motifs is 1. The predicted molar refractivity (Wildman–Crippen MR) is 79.6 cm³/mol. The summed E-state index contributed by atoms with van der Waals surface area (Å²) in [5.74, 6) is 2.80. The van der Waals surface area contributed by atoms with E-state index in [-0.39, 0.29) is 11.7 Å². The highest BCUT2D eigenvalue weighted by molar-refractivity contribution is 5.52. The van der Waals surface area contributed by atoms with Crippen molar-refractivity contribution in [3.8, 4) is 23.0 Å². The lowest BCUT2D eigenvalue weighted by atomic mass is 9.90. The summed E-state index contributed by atoms with van der Waals surface area (Å²) in [6, 6.07) is 11.1. The van der Waals surface area contributed by atoms with E-state index in [0.717, 1.165) is 23.3 Å². The van der Waals surface area contributed by atoms with Crippen LogP contribution >= 0.6 is 0 Å². The molecule has 1 aliphatic heterocycles. The van der Waals surface area contributed by atoms with Crippen molar-refractivity contribution in [1.29, 1.82) is 0 Å². The van der Waals surface area contributed by atoms with E-state index in [9.17, 15) is 5.11 Å². The number of benzene rings is 2. The molecule has 1 unspecified atom stereocenters. The van der Waals surface area contributed by atoms with Crippen molar-refractivity contribution >= 4 is 0 Å². The molecule has 0 fully saturated rings. The number of ether oxygens (including phenoxy) is 3. The number of aromatic hydroxyl groups is 1. The van der Waals surface area contributed by atoms with Crippen molar-refractivity contribution in [2.45, 2.75) is 12.3 Å². The van der Waals surface area contributed by atoms with E-state index in [2.05, 4.69) is 0 Å². The van der Waals surface area contributed by atoms with E-state index >= 15 is 0 Å². The van der Waals surface area contributed by atoms with Crippen molar-refractivity contribution < 1.29 is 19.3 Å². The lowest BCUT2D eigenvalue weighted by Crippen LogP contribution is -2.19. The first-order valence-electron chi connectivity index (χ1n) is 6.88. The highest BCUT2D eigenvalue weighted by atomic mass is 16.5. The second-order valence-electron chi connectivity index (χ2n) is 5.12. The summed E-state index contributed by atoms with van der Waals surface area (Å²) in [6.07, 6.45) is 0.875. The Morgan fingerprint density at radius 1 is 1.05 bits per heavy atom. The smallest absolute Gasteiger partial charge is 0.164 e. The normalized spacial score (nSPS) is 16.8. The van der Waals surface area contributed by atoms with Gasteiger partial charge in [-0.05, 0) is 35.7 Å². The van der Waals surface area contributed by atoms with E-state index in [4.69, 9.17) is 14.2 Å². The summed E-state index contributed by atoms with van der Waals surface area (Å²) in [5, 5.41) is 9.38. The summed E-state index contributed by atoms with van der Waals surface area (Å²) in [4.78, 5) is 0. The number of rotatable bonds is 3. The second-order valence-corrected chi connectivity index (χ2v) is 5.12. The minimum absolute atomic E-state index is 0.274. The Kier molecular flexibility index (Phi) is 3.60. The van der Waals surface area contributed by atoms with E-state index in [1.807, 2.05) is 24.3 Å². The lowest BCUT2D eigenvalue weighted by Gasteiger charge is -2.26. The van der Waals surface area contributed by atoms with Crippen LogP contribution in [0.4, 0.5) is 0 Å². The number of methoxy groups -OCH3 is 2. The monoisotopic (exact) mass is 286 g/mol. The van der Waals surface area contributed by atoms with Crippen LogP contribution in [0.1, 0.15) is 17.0 Å². The lowest BCUT2D eigenvalue weighted by molar-refractivity contribution is 0.258. The summed E-state index contributed by atoms with van der Waals surface area (Å²) < 4.78 is 16.5. The van der Waals surface area contributed by atoms with Gasteiger partial charge >= 0.3 is 0 Å². The zero-order valence-electron chi connectivity index (χ0n) is 12.1. The van der Waals surface area contributed by atoms with Crippen LogP contribution in [0.5, 0.6) is 23.0 Å². The van der Waals surface area contributed by atoms with Crippen molar-refractivity contribution in [1.82, 2.24) is 0 Å². The van der Waals surface area contributed by atoms with Gasteiger partial charge in [0.2, 0.25) is 0 Å². The Hall–Kier alpha value is -2.36. The van der Waals surface area contributed by atoms with E-state index < -0.39 is 0 Å². The molecule has 1 aliphatic rings. The number of phenolic OH excluding ortho intramolecular Hbond substituents is 1. The molecule has 3 rings (SSSR count). The van der Waals surface area contributed by atoms with Crippen LogP contribution in [0.2, 0.25) is 0 Å². The SMILES string of the molecule is COc1cc2c(cc1OC)OCC(c1ccc(O)cc1)C2. The van der Waals surface area contributed by atoms with Crippen molar-refractivity contribution in [2.24, 2.45) is 0 Å². The average molecular weight is 286 g/mol. The molecule has 0 aliphatic carbocycles. The Labute approximate surface area is 123 Å². The predicted octanol–water partition coefficient (Wildman–Crippen LogP) is 3.13. The first-order chi connectivity index (χ1) is 10.2. The minimum atomic E-state index is 0.274. The maximum absolute atomic E-state index is 9.38.